The number of aryl methyl sites for hydroxylation is 2. The Balaban J connectivity index is 1.78. The van der Waals surface area contributed by atoms with Crippen LogP contribution in [0.1, 0.15) is 22.5 Å². The van der Waals surface area contributed by atoms with Crippen molar-refractivity contribution in [3.8, 4) is 5.75 Å². The number of carbonyl (C=O) groups is 1. The molecule has 1 aromatic carbocycles. The molecule has 0 radical (unpaired) electrons. The number of amides is 1. The van der Waals surface area contributed by atoms with Crippen molar-refractivity contribution >= 4 is 17.4 Å². The van der Waals surface area contributed by atoms with Crippen LogP contribution in [0.5, 0.6) is 5.75 Å². The van der Waals surface area contributed by atoms with E-state index in [1.54, 1.807) is 54.9 Å². The Hall–Kier alpha value is -3.10. The molecule has 0 atom stereocenters. The van der Waals surface area contributed by atoms with Gasteiger partial charge in [-0.1, -0.05) is 6.07 Å². The summed E-state index contributed by atoms with van der Waals surface area (Å²) < 4.78 is 6.74. The highest BCUT2D eigenvalue weighted by molar-refractivity contribution is 5.94. The summed E-state index contributed by atoms with van der Waals surface area (Å²) in [7, 11) is 3.27. The van der Waals surface area contributed by atoms with Crippen molar-refractivity contribution in [1.29, 1.82) is 0 Å². The Morgan fingerprint density at radius 1 is 1.26 bits per heavy atom. The number of methoxy groups -OCH3 is 1. The minimum absolute atomic E-state index is 0.0325. The third-order valence-electron chi connectivity index (χ3n) is 4.74. The van der Waals surface area contributed by atoms with E-state index in [4.69, 9.17) is 4.74 Å². The maximum Gasteiger partial charge on any atom is 0.333 e. The van der Waals surface area contributed by atoms with Crippen LogP contribution in [0.3, 0.4) is 0 Å². The standard InChI is InChI=1S/C18H23N5O4/c1-13-16(23(25)26)17(20(2)19-13)21-8-5-9-22(11-10-21)18(24)14-6-4-7-15(12-14)27-3/h4,6-7,12H,5,8-11H2,1-3H3. The summed E-state index contributed by atoms with van der Waals surface area (Å²) in [6.45, 7) is 3.85. The second kappa shape index (κ2) is 7.65. The van der Waals surface area contributed by atoms with Gasteiger partial charge < -0.3 is 14.5 Å². The second-order valence-electron chi connectivity index (χ2n) is 6.50. The van der Waals surface area contributed by atoms with Gasteiger partial charge in [0.1, 0.15) is 11.4 Å². The number of nitrogens with zero attached hydrogens (tertiary/aromatic N) is 5. The van der Waals surface area contributed by atoms with Gasteiger partial charge in [-0.25, -0.2) is 4.68 Å². The lowest BCUT2D eigenvalue weighted by Crippen LogP contribution is -2.35. The Bertz CT molecular complexity index is 863. The van der Waals surface area contributed by atoms with Gasteiger partial charge in [-0.05, 0) is 31.5 Å². The van der Waals surface area contributed by atoms with Gasteiger partial charge >= 0.3 is 5.69 Å². The molecule has 1 aliphatic rings. The lowest BCUT2D eigenvalue weighted by atomic mass is 10.2. The Kier molecular flexibility index (Phi) is 5.29. The topological polar surface area (TPSA) is 93.7 Å². The van der Waals surface area contributed by atoms with Crippen LogP contribution in [0, 0.1) is 17.0 Å². The van der Waals surface area contributed by atoms with Crippen LogP contribution in [0.4, 0.5) is 11.5 Å². The van der Waals surface area contributed by atoms with Crippen LogP contribution >= 0.6 is 0 Å². The smallest absolute Gasteiger partial charge is 0.333 e. The zero-order chi connectivity index (χ0) is 19.6. The zero-order valence-corrected chi connectivity index (χ0v) is 15.7. The third kappa shape index (κ3) is 3.71. The molecule has 1 amide bonds. The molecule has 0 N–H and O–H groups in total. The van der Waals surface area contributed by atoms with Crippen molar-refractivity contribution in [2.45, 2.75) is 13.3 Å². The molecule has 1 aliphatic heterocycles. The molecule has 9 nitrogen and oxygen atoms in total. The van der Waals surface area contributed by atoms with Crippen molar-refractivity contribution in [2.24, 2.45) is 7.05 Å². The Morgan fingerprint density at radius 2 is 2.04 bits per heavy atom. The molecule has 3 rings (SSSR count). The van der Waals surface area contributed by atoms with Crippen LogP contribution in [-0.2, 0) is 7.05 Å². The fourth-order valence-corrected chi connectivity index (χ4v) is 3.47. The first kappa shape index (κ1) is 18.7. The predicted molar refractivity (Wildman–Crippen MR) is 100 cm³/mol. The summed E-state index contributed by atoms with van der Waals surface area (Å²) in [6.07, 6.45) is 0.719. The summed E-state index contributed by atoms with van der Waals surface area (Å²) in [4.78, 5) is 27.6. The molecule has 9 heteroatoms. The average Bonchev–Trinajstić information content (AvgIpc) is 2.82. The van der Waals surface area contributed by atoms with Gasteiger partial charge in [-0.3, -0.25) is 14.9 Å². The molecular weight excluding hydrogens is 350 g/mol. The van der Waals surface area contributed by atoms with E-state index in [-0.39, 0.29) is 16.5 Å². The number of nitro groups is 1. The molecule has 2 heterocycles. The van der Waals surface area contributed by atoms with E-state index in [1.807, 2.05) is 4.90 Å². The average molecular weight is 373 g/mol. The van der Waals surface area contributed by atoms with Crippen molar-refractivity contribution in [2.75, 3.05) is 38.2 Å². The Labute approximate surface area is 157 Å². The summed E-state index contributed by atoms with van der Waals surface area (Å²) in [5.41, 5.74) is 1.00. The summed E-state index contributed by atoms with van der Waals surface area (Å²) in [5, 5.41) is 15.6. The molecule has 2 aromatic rings. The van der Waals surface area contributed by atoms with Crippen molar-refractivity contribution in [1.82, 2.24) is 14.7 Å². The minimum atomic E-state index is -0.387. The van der Waals surface area contributed by atoms with Gasteiger partial charge in [-0.2, -0.15) is 5.10 Å². The van der Waals surface area contributed by atoms with E-state index < -0.39 is 0 Å². The van der Waals surface area contributed by atoms with Crippen LogP contribution in [0.15, 0.2) is 24.3 Å². The highest BCUT2D eigenvalue weighted by Gasteiger charge is 2.30. The number of aromatic nitrogens is 2. The van der Waals surface area contributed by atoms with E-state index in [0.717, 1.165) is 6.42 Å². The second-order valence-corrected chi connectivity index (χ2v) is 6.50. The number of anilines is 1. The zero-order valence-electron chi connectivity index (χ0n) is 15.7. The molecule has 0 saturated carbocycles. The molecular formula is C18H23N5O4. The van der Waals surface area contributed by atoms with E-state index in [0.29, 0.717) is 49.0 Å². The monoisotopic (exact) mass is 373 g/mol. The van der Waals surface area contributed by atoms with Crippen LogP contribution in [0.25, 0.3) is 0 Å². The van der Waals surface area contributed by atoms with E-state index in [2.05, 4.69) is 5.10 Å². The highest BCUT2D eigenvalue weighted by Crippen LogP contribution is 2.31. The number of hydrogen-bond donors (Lipinski definition) is 0. The lowest BCUT2D eigenvalue weighted by molar-refractivity contribution is -0.384. The van der Waals surface area contributed by atoms with Crippen molar-refractivity contribution in [3.05, 3.63) is 45.6 Å². The van der Waals surface area contributed by atoms with Crippen LogP contribution < -0.4 is 9.64 Å². The summed E-state index contributed by atoms with van der Waals surface area (Å²) in [6, 6.07) is 7.08. The van der Waals surface area contributed by atoms with Crippen molar-refractivity contribution in [3.63, 3.8) is 0 Å². The van der Waals surface area contributed by atoms with E-state index >= 15 is 0 Å². The fraction of sp³-hybridized carbons (Fsp3) is 0.444. The fourth-order valence-electron chi connectivity index (χ4n) is 3.47. The summed E-state index contributed by atoms with van der Waals surface area (Å²) >= 11 is 0. The SMILES string of the molecule is COc1cccc(C(=O)N2CCCN(c3c([N+](=O)[O-])c(C)nn3C)CC2)c1. The first-order chi connectivity index (χ1) is 12.9. The highest BCUT2D eigenvalue weighted by atomic mass is 16.6. The number of ether oxygens (including phenoxy) is 1. The van der Waals surface area contributed by atoms with E-state index in [9.17, 15) is 14.9 Å². The first-order valence-corrected chi connectivity index (χ1v) is 8.78. The molecule has 1 aromatic heterocycles. The number of hydrogen-bond acceptors (Lipinski definition) is 6. The largest absolute Gasteiger partial charge is 0.497 e. The molecule has 1 saturated heterocycles. The van der Waals surface area contributed by atoms with Gasteiger partial charge in [0.05, 0.1) is 12.0 Å². The molecule has 1 fully saturated rings. The quantitative estimate of drug-likeness (QED) is 0.601. The van der Waals surface area contributed by atoms with Crippen molar-refractivity contribution < 1.29 is 14.5 Å². The Morgan fingerprint density at radius 3 is 2.74 bits per heavy atom. The molecule has 144 valence electrons. The number of benzene rings is 1. The van der Waals surface area contributed by atoms with Gasteiger partial charge in [-0.15, -0.1) is 0 Å². The van der Waals surface area contributed by atoms with Crippen LogP contribution in [0.2, 0.25) is 0 Å². The predicted octanol–water partition coefficient (Wildman–Crippen LogP) is 2.00. The lowest BCUT2D eigenvalue weighted by Gasteiger charge is -2.23. The minimum Gasteiger partial charge on any atom is -0.497 e. The molecule has 0 spiro atoms. The van der Waals surface area contributed by atoms with Gasteiger partial charge in [0.25, 0.3) is 5.91 Å². The molecule has 27 heavy (non-hydrogen) atoms. The number of carbonyl (C=O) groups excluding carboxylic acids is 1. The third-order valence-corrected chi connectivity index (χ3v) is 4.74. The van der Waals surface area contributed by atoms with Gasteiger partial charge in [0.2, 0.25) is 5.82 Å². The maximum absolute atomic E-state index is 12.8. The molecule has 0 unspecified atom stereocenters. The summed E-state index contributed by atoms with van der Waals surface area (Å²) in [5.74, 6) is 1.07. The number of rotatable bonds is 4. The van der Waals surface area contributed by atoms with Gasteiger partial charge in [0.15, 0.2) is 0 Å². The first-order valence-electron chi connectivity index (χ1n) is 8.78. The normalized spacial score (nSPS) is 14.8. The van der Waals surface area contributed by atoms with E-state index in [1.165, 1.54) is 0 Å². The maximum atomic E-state index is 12.8. The van der Waals surface area contributed by atoms with Crippen LogP contribution in [-0.4, -0.2) is 58.8 Å². The molecule has 0 aliphatic carbocycles. The molecule has 0 bridgehead atoms. The van der Waals surface area contributed by atoms with Gasteiger partial charge in [0, 0.05) is 38.8 Å².